The fourth-order valence-corrected chi connectivity index (χ4v) is 1.04. The molecule has 0 aliphatic rings. The molecule has 0 unspecified atom stereocenters. The number of nitrogens with two attached hydrogens (primary N) is 1. The summed E-state index contributed by atoms with van der Waals surface area (Å²) in [6.45, 7) is 0. The molecule has 0 aliphatic carbocycles. The van der Waals surface area contributed by atoms with Crippen molar-refractivity contribution in [2.24, 2.45) is 5.84 Å². The van der Waals surface area contributed by atoms with Crippen molar-refractivity contribution in [3.05, 3.63) is 23.8 Å². The minimum atomic E-state index is -0.648. The molecule has 1 aromatic carbocycles. The maximum absolute atomic E-state index is 11.5. The number of thiocarbonyl (C=S) groups is 1. The number of hydrogen-bond donors (Lipinski definition) is 3. The molecular formula is C8H7KN2O3S2. The molecule has 16 heavy (non-hydrogen) atoms. The van der Waals surface area contributed by atoms with Crippen LogP contribution in [0.3, 0.4) is 0 Å². The van der Waals surface area contributed by atoms with E-state index in [1.165, 1.54) is 12.1 Å². The zero-order chi connectivity index (χ0) is 11.6. The zero-order valence-corrected chi connectivity index (χ0v) is 13.1. The molecule has 1 amide bonds. The van der Waals surface area contributed by atoms with E-state index in [4.69, 9.17) is 16.1 Å². The summed E-state index contributed by atoms with van der Waals surface area (Å²) in [4.78, 5) is 11.5. The maximum Gasteiger partial charge on any atom is 1.00 e. The molecule has 0 saturated heterocycles. The third kappa shape index (κ3) is 3.89. The number of amides is 1. The average molecular weight is 282 g/mol. The molecule has 0 fully saturated rings. The van der Waals surface area contributed by atoms with Crippen LogP contribution in [0.2, 0.25) is 0 Å². The zero-order valence-electron chi connectivity index (χ0n) is 8.38. The Morgan fingerprint density at radius 2 is 1.94 bits per heavy atom. The van der Waals surface area contributed by atoms with Crippen molar-refractivity contribution < 1.29 is 66.4 Å². The summed E-state index contributed by atoms with van der Waals surface area (Å²) in [5.74, 6) is 3.89. The second kappa shape index (κ2) is 6.82. The first kappa shape index (κ1) is 16.2. The van der Waals surface area contributed by atoms with Gasteiger partial charge < -0.3 is 35.1 Å². The van der Waals surface area contributed by atoms with Gasteiger partial charge in [-0.25, -0.2) is 5.84 Å². The Morgan fingerprint density at radius 1 is 1.38 bits per heavy atom. The second-order valence-electron chi connectivity index (χ2n) is 2.64. The molecule has 5 nitrogen and oxygen atoms in total. The summed E-state index contributed by atoms with van der Waals surface area (Å²) in [6.07, 6.45) is 0. The van der Waals surface area contributed by atoms with Crippen LogP contribution < -0.4 is 57.2 Å². The predicted octanol–water partition coefficient (Wildman–Crippen LogP) is -2.75. The molecule has 4 N–H and O–H groups in total. The van der Waals surface area contributed by atoms with E-state index in [0.717, 1.165) is 6.07 Å². The van der Waals surface area contributed by atoms with Gasteiger partial charge in [0.1, 0.15) is 0 Å². The number of aromatic hydroxyl groups is 2. The number of nitrogens with zero attached hydrogens (tertiary/aromatic N) is 1. The molecule has 0 spiro atoms. The molecular weight excluding hydrogens is 275 g/mol. The van der Waals surface area contributed by atoms with Crippen LogP contribution in [0.15, 0.2) is 18.2 Å². The third-order valence-corrected chi connectivity index (χ3v) is 2.03. The topological polar surface area (TPSA) is 86.8 Å². The standard InChI is InChI=1S/C8H8N2O3S2.K/c9-10(8(14)15)7(13)4-1-2-5(11)6(12)3-4;/h1-3,11-12H,9H2,(H,14,15);/q;+1/p-1. The van der Waals surface area contributed by atoms with Gasteiger partial charge in [0.25, 0.3) is 5.91 Å². The van der Waals surface area contributed by atoms with Crippen LogP contribution in [0.5, 0.6) is 11.5 Å². The molecule has 0 aliphatic heterocycles. The van der Waals surface area contributed by atoms with Crippen LogP contribution in [0, 0.1) is 0 Å². The van der Waals surface area contributed by atoms with Crippen LogP contribution in [0.25, 0.3) is 0 Å². The van der Waals surface area contributed by atoms with Crippen molar-refractivity contribution in [1.29, 1.82) is 0 Å². The fourth-order valence-electron chi connectivity index (χ4n) is 0.878. The first-order chi connectivity index (χ1) is 6.93. The number of carbonyl (C=O) groups excluding carboxylic acids is 1. The van der Waals surface area contributed by atoms with Gasteiger partial charge in [-0.3, -0.25) is 9.80 Å². The van der Waals surface area contributed by atoms with Crippen LogP contribution in [-0.2, 0) is 12.6 Å². The third-order valence-electron chi connectivity index (χ3n) is 1.64. The molecule has 0 bridgehead atoms. The Hall–Kier alpha value is 0.196. The summed E-state index contributed by atoms with van der Waals surface area (Å²) in [5.41, 5.74) is 0.0833. The number of rotatable bonds is 1. The van der Waals surface area contributed by atoms with Gasteiger partial charge in [0.05, 0.1) is 0 Å². The number of phenols is 2. The van der Waals surface area contributed by atoms with Gasteiger partial charge in [0, 0.05) is 5.56 Å². The van der Waals surface area contributed by atoms with Crippen molar-refractivity contribution in [3.63, 3.8) is 0 Å². The van der Waals surface area contributed by atoms with Crippen LogP contribution in [-0.4, -0.2) is 25.4 Å². The summed E-state index contributed by atoms with van der Waals surface area (Å²) >= 11 is 9.07. The van der Waals surface area contributed by atoms with E-state index in [9.17, 15) is 4.79 Å². The van der Waals surface area contributed by atoms with Crippen LogP contribution in [0.4, 0.5) is 0 Å². The monoisotopic (exact) mass is 282 g/mol. The van der Waals surface area contributed by atoms with Gasteiger partial charge in [-0.15, -0.1) is 0 Å². The van der Waals surface area contributed by atoms with E-state index < -0.39 is 11.7 Å². The van der Waals surface area contributed by atoms with Gasteiger partial charge in [0.2, 0.25) is 0 Å². The minimum Gasteiger partial charge on any atom is -0.504 e. The van der Waals surface area contributed by atoms with E-state index in [0.29, 0.717) is 5.01 Å². The first-order valence-electron chi connectivity index (χ1n) is 3.75. The maximum atomic E-state index is 11.5. The number of hydrazine groups is 1. The summed E-state index contributed by atoms with van der Waals surface area (Å²) in [7, 11) is 0. The molecule has 0 heterocycles. The van der Waals surface area contributed by atoms with Crippen molar-refractivity contribution in [3.8, 4) is 11.5 Å². The number of hydrogen-bond acceptors (Lipinski definition) is 6. The largest absolute Gasteiger partial charge is 1.00 e. The summed E-state index contributed by atoms with van der Waals surface area (Å²) in [6, 6.07) is 3.54. The van der Waals surface area contributed by atoms with Crippen LogP contribution >= 0.6 is 12.2 Å². The Balaban J connectivity index is 0.00000225. The molecule has 0 saturated carbocycles. The van der Waals surface area contributed by atoms with Gasteiger partial charge in [-0.2, -0.15) is 0 Å². The minimum absolute atomic E-state index is 0. The normalized spacial score (nSPS) is 9.06. The van der Waals surface area contributed by atoms with Crippen molar-refractivity contribution in [2.45, 2.75) is 0 Å². The fraction of sp³-hybridized carbons (Fsp3) is 0. The van der Waals surface area contributed by atoms with Gasteiger partial charge >= 0.3 is 51.4 Å². The van der Waals surface area contributed by atoms with Gasteiger partial charge in [-0.1, -0.05) is 0 Å². The molecule has 1 aromatic rings. The SMILES string of the molecule is NN(C(=O)c1ccc(O)c(O)c1)C(=S)[S-].[K+]. The molecule has 8 heteroatoms. The molecule has 0 atom stereocenters. The van der Waals surface area contributed by atoms with Crippen LogP contribution in [0.1, 0.15) is 10.4 Å². The van der Waals surface area contributed by atoms with E-state index in [1.54, 1.807) is 0 Å². The van der Waals surface area contributed by atoms with E-state index in [-0.39, 0.29) is 67.0 Å². The Morgan fingerprint density at radius 3 is 2.38 bits per heavy atom. The number of phenolic OH excluding ortho intramolecular Hbond substituents is 2. The van der Waals surface area contributed by atoms with Crippen molar-refractivity contribution in [2.75, 3.05) is 0 Å². The Labute approximate surface area is 145 Å². The van der Waals surface area contributed by atoms with Gasteiger partial charge in [-0.05, 0) is 22.5 Å². The molecule has 0 aromatic heterocycles. The molecule has 1 rings (SSSR count). The Kier molecular flexibility index (Phi) is 6.90. The quantitative estimate of drug-likeness (QED) is 0.0985. The van der Waals surface area contributed by atoms with Crippen molar-refractivity contribution >= 4 is 35.1 Å². The number of carbonyl (C=O) groups is 1. The predicted molar refractivity (Wildman–Crippen MR) is 60.1 cm³/mol. The Bertz CT molecular complexity index is 428. The molecule has 0 radical (unpaired) electrons. The second-order valence-corrected chi connectivity index (χ2v) is 3.68. The van der Waals surface area contributed by atoms with Crippen molar-refractivity contribution in [1.82, 2.24) is 5.01 Å². The van der Waals surface area contributed by atoms with E-state index in [1.807, 2.05) is 0 Å². The van der Waals surface area contributed by atoms with E-state index >= 15 is 0 Å². The number of benzene rings is 1. The summed E-state index contributed by atoms with van der Waals surface area (Å²) in [5, 5.41) is 18.8. The summed E-state index contributed by atoms with van der Waals surface area (Å²) < 4.78 is -0.201. The van der Waals surface area contributed by atoms with Gasteiger partial charge in [0.15, 0.2) is 11.5 Å². The first-order valence-corrected chi connectivity index (χ1v) is 4.57. The molecule has 80 valence electrons. The smallest absolute Gasteiger partial charge is 0.504 e. The average Bonchev–Trinajstić information content (AvgIpc) is 2.19. The van der Waals surface area contributed by atoms with E-state index in [2.05, 4.69) is 24.8 Å².